The van der Waals surface area contributed by atoms with E-state index in [0.717, 1.165) is 30.0 Å². The van der Waals surface area contributed by atoms with E-state index < -0.39 is 0 Å². The summed E-state index contributed by atoms with van der Waals surface area (Å²) in [5.41, 5.74) is 2.04. The first-order valence-electron chi connectivity index (χ1n) is 6.15. The molecule has 1 aliphatic carbocycles. The number of aliphatic hydroxyl groups excluding tert-OH is 1. The normalized spacial score (nSPS) is 15.2. The number of anilines is 1. The zero-order valence-corrected chi connectivity index (χ0v) is 10.1. The SMILES string of the molecule is CCc1cc(CO)cc(N(CC)C2CC2)n1. The predicted molar refractivity (Wildman–Crippen MR) is 65.6 cm³/mol. The summed E-state index contributed by atoms with van der Waals surface area (Å²) in [6, 6.07) is 4.68. The van der Waals surface area contributed by atoms with E-state index in [1.54, 1.807) is 0 Å². The molecule has 0 atom stereocenters. The molecule has 16 heavy (non-hydrogen) atoms. The van der Waals surface area contributed by atoms with E-state index in [-0.39, 0.29) is 6.61 Å². The number of pyridine rings is 1. The second-order valence-electron chi connectivity index (χ2n) is 4.35. The Labute approximate surface area is 97.1 Å². The Morgan fingerprint density at radius 1 is 1.38 bits per heavy atom. The Bertz CT molecular complexity index is 339. The lowest BCUT2D eigenvalue weighted by molar-refractivity contribution is 0.281. The highest BCUT2D eigenvalue weighted by Crippen LogP contribution is 2.30. The van der Waals surface area contributed by atoms with Crippen molar-refractivity contribution in [1.29, 1.82) is 0 Å². The zero-order chi connectivity index (χ0) is 11.5. The summed E-state index contributed by atoms with van der Waals surface area (Å²) in [6.45, 7) is 5.36. The van der Waals surface area contributed by atoms with E-state index in [2.05, 4.69) is 23.7 Å². The lowest BCUT2D eigenvalue weighted by atomic mass is 10.2. The van der Waals surface area contributed by atoms with Crippen molar-refractivity contribution in [2.45, 2.75) is 45.8 Å². The molecule has 0 radical (unpaired) electrons. The number of hydrogen-bond donors (Lipinski definition) is 1. The molecule has 1 aromatic rings. The van der Waals surface area contributed by atoms with Crippen LogP contribution in [0.2, 0.25) is 0 Å². The number of aliphatic hydroxyl groups is 1. The highest BCUT2D eigenvalue weighted by atomic mass is 16.3. The summed E-state index contributed by atoms with van der Waals surface area (Å²) < 4.78 is 0. The fourth-order valence-corrected chi connectivity index (χ4v) is 2.05. The molecule has 1 saturated carbocycles. The number of aryl methyl sites for hydroxylation is 1. The van der Waals surface area contributed by atoms with Gasteiger partial charge in [0, 0.05) is 18.3 Å². The lowest BCUT2D eigenvalue weighted by Crippen LogP contribution is -2.26. The highest BCUT2D eigenvalue weighted by Gasteiger charge is 2.29. The van der Waals surface area contributed by atoms with Crippen LogP contribution < -0.4 is 4.90 Å². The molecule has 1 heterocycles. The van der Waals surface area contributed by atoms with Crippen LogP contribution in [0.25, 0.3) is 0 Å². The van der Waals surface area contributed by atoms with E-state index in [9.17, 15) is 5.11 Å². The van der Waals surface area contributed by atoms with Gasteiger partial charge < -0.3 is 10.0 Å². The fraction of sp³-hybridized carbons (Fsp3) is 0.615. The van der Waals surface area contributed by atoms with Crippen LogP contribution in [0, 0.1) is 0 Å². The first-order valence-corrected chi connectivity index (χ1v) is 6.15. The van der Waals surface area contributed by atoms with Gasteiger partial charge in [0.1, 0.15) is 5.82 Å². The summed E-state index contributed by atoms with van der Waals surface area (Å²) in [7, 11) is 0. The molecule has 0 bridgehead atoms. The molecule has 0 spiro atoms. The van der Waals surface area contributed by atoms with Crippen LogP contribution in [0.5, 0.6) is 0 Å². The predicted octanol–water partition coefficient (Wildman–Crippen LogP) is 2.12. The van der Waals surface area contributed by atoms with Crippen LogP contribution in [0.15, 0.2) is 12.1 Å². The van der Waals surface area contributed by atoms with Gasteiger partial charge in [0.2, 0.25) is 0 Å². The summed E-state index contributed by atoms with van der Waals surface area (Å²) in [6.07, 6.45) is 3.48. The Kier molecular flexibility index (Phi) is 3.44. The monoisotopic (exact) mass is 220 g/mol. The van der Waals surface area contributed by atoms with Crippen molar-refractivity contribution in [2.24, 2.45) is 0 Å². The third-order valence-electron chi connectivity index (χ3n) is 3.09. The molecule has 3 nitrogen and oxygen atoms in total. The van der Waals surface area contributed by atoms with E-state index in [1.807, 2.05) is 12.1 Å². The lowest BCUT2D eigenvalue weighted by Gasteiger charge is -2.22. The summed E-state index contributed by atoms with van der Waals surface area (Å²) in [4.78, 5) is 6.99. The van der Waals surface area contributed by atoms with Gasteiger partial charge >= 0.3 is 0 Å². The van der Waals surface area contributed by atoms with Crippen LogP contribution in [-0.2, 0) is 13.0 Å². The van der Waals surface area contributed by atoms with Gasteiger partial charge in [0.25, 0.3) is 0 Å². The minimum atomic E-state index is 0.102. The summed E-state index contributed by atoms with van der Waals surface area (Å²) in [5, 5.41) is 9.24. The van der Waals surface area contributed by atoms with Crippen molar-refractivity contribution in [3.63, 3.8) is 0 Å². The Morgan fingerprint density at radius 3 is 2.62 bits per heavy atom. The minimum absolute atomic E-state index is 0.102. The van der Waals surface area contributed by atoms with E-state index >= 15 is 0 Å². The third kappa shape index (κ3) is 2.35. The van der Waals surface area contributed by atoms with Crippen molar-refractivity contribution in [2.75, 3.05) is 11.4 Å². The molecule has 1 aliphatic rings. The maximum Gasteiger partial charge on any atom is 0.129 e. The first-order chi connectivity index (χ1) is 7.78. The van der Waals surface area contributed by atoms with Crippen LogP contribution in [-0.4, -0.2) is 22.7 Å². The van der Waals surface area contributed by atoms with Gasteiger partial charge in [0.05, 0.1) is 6.61 Å². The largest absolute Gasteiger partial charge is 0.392 e. The van der Waals surface area contributed by atoms with Gasteiger partial charge in [0.15, 0.2) is 0 Å². The Balaban J connectivity index is 2.30. The third-order valence-corrected chi connectivity index (χ3v) is 3.09. The van der Waals surface area contributed by atoms with Gasteiger partial charge in [-0.15, -0.1) is 0 Å². The van der Waals surface area contributed by atoms with E-state index in [1.165, 1.54) is 12.8 Å². The fourth-order valence-electron chi connectivity index (χ4n) is 2.05. The van der Waals surface area contributed by atoms with Gasteiger partial charge in [-0.05, 0) is 43.9 Å². The molecule has 3 heteroatoms. The average Bonchev–Trinajstić information content (AvgIpc) is 3.14. The van der Waals surface area contributed by atoms with Gasteiger partial charge in [-0.25, -0.2) is 4.98 Å². The maximum absolute atomic E-state index is 9.24. The second kappa shape index (κ2) is 4.83. The van der Waals surface area contributed by atoms with Crippen molar-refractivity contribution in [3.05, 3.63) is 23.4 Å². The molecule has 1 aromatic heterocycles. The van der Waals surface area contributed by atoms with Crippen LogP contribution in [0.4, 0.5) is 5.82 Å². The summed E-state index contributed by atoms with van der Waals surface area (Å²) in [5.74, 6) is 1.04. The van der Waals surface area contributed by atoms with Gasteiger partial charge in [-0.3, -0.25) is 0 Å². The second-order valence-corrected chi connectivity index (χ2v) is 4.35. The molecule has 0 aliphatic heterocycles. The van der Waals surface area contributed by atoms with Gasteiger partial charge in [-0.1, -0.05) is 6.92 Å². The molecular formula is C13H20N2O. The average molecular weight is 220 g/mol. The number of aromatic nitrogens is 1. The first kappa shape index (κ1) is 11.4. The van der Waals surface area contributed by atoms with Crippen LogP contribution in [0.1, 0.15) is 37.9 Å². The molecular weight excluding hydrogens is 200 g/mol. The topological polar surface area (TPSA) is 36.4 Å². The van der Waals surface area contributed by atoms with E-state index in [0.29, 0.717) is 6.04 Å². The van der Waals surface area contributed by atoms with Gasteiger partial charge in [-0.2, -0.15) is 0 Å². The van der Waals surface area contributed by atoms with E-state index in [4.69, 9.17) is 0 Å². The maximum atomic E-state index is 9.24. The number of nitrogens with zero attached hydrogens (tertiary/aromatic N) is 2. The molecule has 0 amide bonds. The zero-order valence-electron chi connectivity index (χ0n) is 10.1. The molecule has 1 N–H and O–H groups in total. The quantitative estimate of drug-likeness (QED) is 0.825. The molecule has 0 saturated heterocycles. The smallest absolute Gasteiger partial charge is 0.129 e. The summed E-state index contributed by atoms with van der Waals surface area (Å²) >= 11 is 0. The Hall–Kier alpha value is -1.09. The van der Waals surface area contributed by atoms with Crippen molar-refractivity contribution in [3.8, 4) is 0 Å². The molecule has 88 valence electrons. The number of rotatable bonds is 5. The van der Waals surface area contributed by atoms with Crippen molar-refractivity contribution >= 4 is 5.82 Å². The highest BCUT2D eigenvalue weighted by molar-refractivity contribution is 5.45. The number of hydrogen-bond acceptors (Lipinski definition) is 3. The Morgan fingerprint density at radius 2 is 2.12 bits per heavy atom. The molecule has 0 aromatic carbocycles. The standard InChI is InChI=1S/C13H20N2O/c1-3-11-7-10(9-16)8-13(14-11)15(4-2)12-5-6-12/h7-8,12,16H,3-6,9H2,1-2H3. The van der Waals surface area contributed by atoms with Crippen LogP contribution in [0.3, 0.4) is 0 Å². The van der Waals surface area contributed by atoms with Crippen LogP contribution >= 0.6 is 0 Å². The molecule has 1 fully saturated rings. The van der Waals surface area contributed by atoms with Crippen molar-refractivity contribution in [1.82, 2.24) is 4.98 Å². The molecule has 2 rings (SSSR count). The van der Waals surface area contributed by atoms with Crippen molar-refractivity contribution < 1.29 is 5.11 Å². The molecule has 0 unspecified atom stereocenters. The minimum Gasteiger partial charge on any atom is -0.392 e.